The van der Waals surface area contributed by atoms with Crippen LogP contribution in [-0.2, 0) is 14.8 Å². The zero-order valence-electron chi connectivity index (χ0n) is 11.2. The third kappa shape index (κ3) is 2.86. The van der Waals surface area contributed by atoms with E-state index in [9.17, 15) is 8.42 Å². The van der Waals surface area contributed by atoms with Crippen LogP contribution in [0.4, 0.5) is 0 Å². The van der Waals surface area contributed by atoms with Crippen LogP contribution in [0.25, 0.3) is 0 Å². The average Bonchev–Trinajstić information content (AvgIpc) is 2.68. The van der Waals surface area contributed by atoms with E-state index in [1.807, 2.05) is 6.92 Å². The fourth-order valence-electron chi connectivity index (χ4n) is 2.33. The molecule has 1 saturated heterocycles. The van der Waals surface area contributed by atoms with Gasteiger partial charge in [-0.15, -0.1) is 0 Å². The fourth-order valence-corrected chi connectivity index (χ4v) is 4.57. The number of nitrogens with one attached hydrogen (secondary N) is 1. The zero-order chi connectivity index (χ0) is 14.2. The summed E-state index contributed by atoms with van der Waals surface area (Å²) in [6.45, 7) is 6.03. The molecule has 108 valence electrons. The predicted molar refractivity (Wildman–Crippen MR) is 74.9 cm³/mol. The molecule has 2 atom stereocenters. The first-order valence-corrected chi connectivity index (χ1v) is 8.65. The molecule has 0 saturated carbocycles. The summed E-state index contributed by atoms with van der Waals surface area (Å²) < 4.78 is 32.5. The Hall–Kier alpha value is -0.440. The molecule has 19 heavy (non-hydrogen) atoms. The van der Waals surface area contributed by atoms with Crippen molar-refractivity contribution in [3.05, 3.63) is 11.4 Å². The summed E-state index contributed by atoms with van der Waals surface area (Å²) in [6, 6.07) is 0. The summed E-state index contributed by atoms with van der Waals surface area (Å²) in [5.41, 5.74) is 1.08. The quantitative estimate of drug-likeness (QED) is 0.830. The van der Waals surface area contributed by atoms with Crippen LogP contribution in [0.1, 0.15) is 18.3 Å². The second-order valence-electron chi connectivity index (χ2n) is 4.81. The van der Waals surface area contributed by atoms with E-state index < -0.39 is 10.0 Å². The van der Waals surface area contributed by atoms with E-state index in [0.29, 0.717) is 29.8 Å². The molecular weight excluding hydrogens is 334 g/mol. The van der Waals surface area contributed by atoms with Crippen LogP contribution in [0, 0.1) is 13.8 Å². The number of nitrogens with zero attached hydrogens (tertiary/aromatic N) is 2. The van der Waals surface area contributed by atoms with Crippen LogP contribution >= 0.6 is 15.9 Å². The average molecular weight is 352 g/mol. The van der Waals surface area contributed by atoms with E-state index in [1.165, 1.54) is 4.31 Å². The summed E-state index contributed by atoms with van der Waals surface area (Å²) >= 11 is 3.35. The fraction of sp³-hybridized carbons (Fsp3) is 0.727. The molecule has 0 radical (unpaired) electrons. The van der Waals surface area contributed by atoms with Crippen molar-refractivity contribution in [2.24, 2.45) is 0 Å². The highest BCUT2D eigenvalue weighted by Gasteiger charge is 2.35. The van der Waals surface area contributed by atoms with Gasteiger partial charge in [0.25, 0.3) is 0 Å². The molecule has 1 aliphatic rings. The molecule has 1 N–H and O–H groups in total. The zero-order valence-corrected chi connectivity index (χ0v) is 13.6. The van der Waals surface area contributed by atoms with Gasteiger partial charge in [0.1, 0.15) is 4.90 Å². The Bertz CT molecular complexity index is 538. The van der Waals surface area contributed by atoms with Crippen molar-refractivity contribution in [1.29, 1.82) is 0 Å². The molecule has 0 bridgehead atoms. The van der Waals surface area contributed by atoms with Gasteiger partial charge in [-0.1, -0.05) is 15.9 Å². The summed E-state index contributed by atoms with van der Waals surface area (Å²) in [6.07, 6.45) is -0.232. The highest BCUT2D eigenvalue weighted by Crippen LogP contribution is 2.25. The number of aryl methyl sites for hydroxylation is 2. The van der Waals surface area contributed by atoms with Gasteiger partial charge >= 0.3 is 0 Å². The Morgan fingerprint density at radius 1 is 1.47 bits per heavy atom. The first-order valence-electron chi connectivity index (χ1n) is 6.09. The second kappa shape index (κ2) is 5.51. The maximum Gasteiger partial charge on any atom is 0.246 e. The Morgan fingerprint density at radius 2 is 2.16 bits per heavy atom. The van der Waals surface area contributed by atoms with Crippen molar-refractivity contribution < 1.29 is 13.2 Å². The molecule has 1 aromatic rings. The lowest BCUT2D eigenvalue weighted by Crippen LogP contribution is -2.49. The third-order valence-electron chi connectivity index (χ3n) is 3.12. The van der Waals surface area contributed by atoms with Crippen LogP contribution in [0.15, 0.2) is 4.90 Å². The second-order valence-corrected chi connectivity index (χ2v) is 7.33. The van der Waals surface area contributed by atoms with Gasteiger partial charge in [0.15, 0.2) is 0 Å². The lowest BCUT2D eigenvalue weighted by atomic mass is 10.3. The molecule has 2 heterocycles. The van der Waals surface area contributed by atoms with Crippen LogP contribution in [0.2, 0.25) is 0 Å². The first-order chi connectivity index (χ1) is 8.86. The van der Waals surface area contributed by atoms with Crippen molar-refractivity contribution in [2.75, 3.05) is 18.4 Å². The number of H-pyrrole nitrogens is 1. The lowest BCUT2D eigenvalue weighted by Gasteiger charge is -2.35. The van der Waals surface area contributed by atoms with Gasteiger partial charge in [-0.25, -0.2) is 8.42 Å². The number of ether oxygens (including phenoxy) is 1. The van der Waals surface area contributed by atoms with Gasteiger partial charge < -0.3 is 4.74 Å². The van der Waals surface area contributed by atoms with Crippen molar-refractivity contribution in [3.63, 3.8) is 0 Å². The summed E-state index contributed by atoms with van der Waals surface area (Å²) in [4.78, 5) is 0.287. The maximum absolute atomic E-state index is 12.7. The van der Waals surface area contributed by atoms with Gasteiger partial charge in [0.2, 0.25) is 10.0 Å². The Labute approximate surface area is 121 Å². The smallest absolute Gasteiger partial charge is 0.246 e. The van der Waals surface area contributed by atoms with Gasteiger partial charge in [0.05, 0.1) is 23.6 Å². The Morgan fingerprint density at radius 3 is 2.68 bits per heavy atom. The number of sulfonamides is 1. The number of morpholine rings is 1. The van der Waals surface area contributed by atoms with Crippen molar-refractivity contribution in [2.45, 2.75) is 37.9 Å². The van der Waals surface area contributed by atoms with E-state index in [2.05, 4.69) is 26.1 Å². The molecule has 1 aliphatic heterocycles. The monoisotopic (exact) mass is 351 g/mol. The molecule has 0 spiro atoms. The molecule has 1 fully saturated rings. The molecule has 8 heteroatoms. The van der Waals surface area contributed by atoms with Crippen LogP contribution in [-0.4, -0.2) is 53.5 Å². The van der Waals surface area contributed by atoms with Crippen LogP contribution in [0.5, 0.6) is 0 Å². The predicted octanol–water partition coefficient (Wildman–Crippen LogP) is 1.20. The van der Waals surface area contributed by atoms with E-state index in [0.717, 1.165) is 0 Å². The van der Waals surface area contributed by atoms with Crippen LogP contribution < -0.4 is 0 Å². The number of aromatic nitrogens is 2. The molecule has 0 aromatic carbocycles. The van der Waals surface area contributed by atoms with E-state index >= 15 is 0 Å². The first kappa shape index (κ1) is 15.0. The Kier molecular flexibility index (Phi) is 4.34. The minimum Gasteiger partial charge on any atom is -0.372 e. The molecule has 2 rings (SSSR count). The highest BCUT2D eigenvalue weighted by atomic mass is 79.9. The Balaban J connectivity index is 2.34. The number of rotatable bonds is 3. The number of hydrogen-bond acceptors (Lipinski definition) is 4. The molecule has 0 aliphatic carbocycles. The molecule has 0 amide bonds. The number of halogens is 1. The SMILES string of the molecule is Cc1n[nH]c(C)c1S(=O)(=O)N1CC(C)OC(CBr)C1. The van der Waals surface area contributed by atoms with Crippen molar-refractivity contribution in [3.8, 4) is 0 Å². The summed E-state index contributed by atoms with van der Waals surface area (Å²) in [5.74, 6) is 0. The van der Waals surface area contributed by atoms with Gasteiger partial charge in [-0.2, -0.15) is 9.40 Å². The number of alkyl halides is 1. The largest absolute Gasteiger partial charge is 0.372 e. The van der Waals surface area contributed by atoms with Crippen molar-refractivity contribution >= 4 is 26.0 Å². The van der Waals surface area contributed by atoms with Gasteiger partial charge in [0, 0.05) is 18.4 Å². The molecular formula is C11H18BrN3O3S. The standard InChI is InChI=1S/C11H18BrN3O3S/c1-7-5-15(6-10(4-12)18-7)19(16,17)11-8(2)13-14-9(11)3/h7,10H,4-6H2,1-3H3,(H,13,14). The summed E-state index contributed by atoms with van der Waals surface area (Å²) in [5, 5.41) is 7.30. The normalized spacial score (nSPS) is 25.7. The van der Waals surface area contributed by atoms with E-state index in [-0.39, 0.29) is 17.1 Å². The van der Waals surface area contributed by atoms with Gasteiger partial charge in [-0.05, 0) is 20.8 Å². The van der Waals surface area contributed by atoms with E-state index in [1.54, 1.807) is 13.8 Å². The van der Waals surface area contributed by atoms with Crippen LogP contribution in [0.3, 0.4) is 0 Å². The third-order valence-corrected chi connectivity index (χ3v) is 5.94. The number of aromatic amines is 1. The lowest BCUT2D eigenvalue weighted by molar-refractivity contribution is -0.0411. The molecule has 1 aromatic heterocycles. The minimum atomic E-state index is -3.52. The minimum absolute atomic E-state index is 0.112. The van der Waals surface area contributed by atoms with Crippen molar-refractivity contribution in [1.82, 2.24) is 14.5 Å². The topological polar surface area (TPSA) is 75.3 Å². The van der Waals surface area contributed by atoms with E-state index in [4.69, 9.17) is 4.74 Å². The highest BCUT2D eigenvalue weighted by molar-refractivity contribution is 9.09. The summed E-state index contributed by atoms with van der Waals surface area (Å²) in [7, 11) is -3.52. The number of hydrogen-bond donors (Lipinski definition) is 1. The van der Waals surface area contributed by atoms with Gasteiger partial charge in [-0.3, -0.25) is 5.10 Å². The molecule has 6 nitrogen and oxygen atoms in total. The maximum atomic E-state index is 12.7. The molecule has 2 unspecified atom stereocenters.